The van der Waals surface area contributed by atoms with E-state index in [9.17, 15) is 0 Å². The third-order valence-electron chi connectivity index (χ3n) is 5.28. The van der Waals surface area contributed by atoms with E-state index in [1.807, 2.05) is 35.3 Å². The molecule has 4 rings (SSSR count). The number of aromatic nitrogens is 2. The summed E-state index contributed by atoms with van der Waals surface area (Å²) in [5, 5.41) is 4.30. The second-order valence-electron chi connectivity index (χ2n) is 7.30. The van der Waals surface area contributed by atoms with Crippen LogP contribution in [0.25, 0.3) is 0 Å². The summed E-state index contributed by atoms with van der Waals surface area (Å²) in [6, 6.07) is 10.3. The minimum atomic E-state index is -0.194. The van der Waals surface area contributed by atoms with Crippen molar-refractivity contribution >= 4 is 0 Å². The zero-order chi connectivity index (χ0) is 17.8. The normalized spacial score (nSPS) is 26.9. The highest BCUT2D eigenvalue weighted by atomic mass is 16.6. The molecule has 0 unspecified atom stereocenters. The summed E-state index contributed by atoms with van der Waals surface area (Å²) in [6.45, 7) is 5.00. The van der Waals surface area contributed by atoms with Gasteiger partial charge in [0, 0.05) is 32.0 Å². The molecule has 6 heteroatoms. The number of hydrogen-bond acceptors (Lipinski definition) is 5. The lowest BCUT2D eigenvalue weighted by Gasteiger charge is -2.32. The summed E-state index contributed by atoms with van der Waals surface area (Å²) in [4.78, 5) is 2.45. The zero-order valence-electron chi connectivity index (χ0n) is 15.3. The van der Waals surface area contributed by atoms with Crippen LogP contribution in [0.3, 0.4) is 0 Å². The van der Waals surface area contributed by atoms with Gasteiger partial charge in [-0.3, -0.25) is 9.58 Å². The molecule has 26 heavy (non-hydrogen) atoms. The number of benzene rings is 1. The highest BCUT2D eigenvalue weighted by Gasteiger charge is 2.43. The van der Waals surface area contributed by atoms with Crippen molar-refractivity contribution in [2.45, 2.75) is 37.6 Å². The Morgan fingerprint density at radius 3 is 2.96 bits per heavy atom. The van der Waals surface area contributed by atoms with Crippen molar-refractivity contribution in [1.82, 2.24) is 14.7 Å². The van der Waals surface area contributed by atoms with Crippen LogP contribution >= 0.6 is 0 Å². The standard InChI is InChI=1S/C20H27N3O3/c1-24-18-5-3-17(4-6-18)13-22-11-12-25-16-20(15-22)8-7-19(26-20)14-23-10-2-9-21-23/h2-6,9-10,19H,7-8,11-16H2,1H3/t19-,20+/m1/s1. The van der Waals surface area contributed by atoms with Crippen molar-refractivity contribution in [1.29, 1.82) is 0 Å². The van der Waals surface area contributed by atoms with Gasteiger partial charge in [-0.05, 0) is 36.6 Å². The molecule has 1 spiro atoms. The minimum Gasteiger partial charge on any atom is -0.497 e. The van der Waals surface area contributed by atoms with Crippen LogP contribution in [-0.4, -0.2) is 59.8 Å². The number of ether oxygens (including phenoxy) is 3. The first kappa shape index (κ1) is 17.5. The molecular formula is C20H27N3O3. The van der Waals surface area contributed by atoms with Crippen LogP contribution < -0.4 is 4.74 Å². The van der Waals surface area contributed by atoms with Crippen molar-refractivity contribution in [2.75, 3.05) is 33.4 Å². The van der Waals surface area contributed by atoms with Crippen LogP contribution in [0.5, 0.6) is 5.75 Å². The molecule has 0 radical (unpaired) electrons. The van der Waals surface area contributed by atoms with Crippen molar-refractivity contribution in [2.24, 2.45) is 0 Å². The quantitative estimate of drug-likeness (QED) is 0.822. The van der Waals surface area contributed by atoms with E-state index in [4.69, 9.17) is 14.2 Å². The van der Waals surface area contributed by atoms with Crippen molar-refractivity contribution < 1.29 is 14.2 Å². The second kappa shape index (κ2) is 7.78. The summed E-state index contributed by atoms with van der Waals surface area (Å²) >= 11 is 0. The first-order chi connectivity index (χ1) is 12.7. The summed E-state index contributed by atoms with van der Waals surface area (Å²) in [5.41, 5.74) is 1.09. The molecule has 2 aromatic rings. The highest BCUT2D eigenvalue weighted by molar-refractivity contribution is 5.27. The monoisotopic (exact) mass is 357 g/mol. The van der Waals surface area contributed by atoms with Gasteiger partial charge in [0.1, 0.15) is 11.4 Å². The van der Waals surface area contributed by atoms with Crippen LogP contribution in [0.2, 0.25) is 0 Å². The maximum absolute atomic E-state index is 6.50. The maximum Gasteiger partial charge on any atom is 0.118 e. The first-order valence-corrected chi connectivity index (χ1v) is 9.33. The molecule has 0 amide bonds. The van der Waals surface area contributed by atoms with E-state index < -0.39 is 0 Å². The lowest BCUT2D eigenvalue weighted by atomic mass is 10.00. The van der Waals surface area contributed by atoms with E-state index in [0.29, 0.717) is 6.61 Å². The number of rotatable bonds is 5. The predicted octanol–water partition coefficient (Wildman–Crippen LogP) is 2.34. The van der Waals surface area contributed by atoms with Crippen molar-refractivity contribution in [3.8, 4) is 5.75 Å². The van der Waals surface area contributed by atoms with Crippen LogP contribution in [0, 0.1) is 0 Å². The lowest BCUT2D eigenvalue weighted by molar-refractivity contribution is -0.0904. The smallest absolute Gasteiger partial charge is 0.118 e. The summed E-state index contributed by atoms with van der Waals surface area (Å²) in [6.07, 6.45) is 6.11. The third kappa shape index (κ3) is 4.09. The Morgan fingerprint density at radius 2 is 2.19 bits per heavy atom. The van der Waals surface area contributed by atoms with Gasteiger partial charge in [-0.1, -0.05) is 12.1 Å². The molecule has 1 aromatic carbocycles. The van der Waals surface area contributed by atoms with Gasteiger partial charge in [-0.15, -0.1) is 0 Å². The molecule has 2 atom stereocenters. The number of hydrogen-bond donors (Lipinski definition) is 0. The van der Waals surface area contributed by atoms with Gasteiger partial charge in [-0.25, -0.2) is 0 Å². The first-order valence-electron chi connectivity index (χ1n) is 9.33. The average Bonchev–Trinajstić information content (AvgIpc) is 3.25. The number of methoxy groups -OCH3 is 1. The SMILES string of the molecule is COc1ccc(CN2CCOC[C@]3(CC[C@H](Cn4cccn4)O3)C2)cc1. The summed E-state index contributed by atoms with van der Waals surface area (Å²) in [7, 11) is 1.70. The van der Waals surface area contributed by atoms with Gasteiger partial charge in [0.05, 0.1) is 33.0 Å². The fourth-order valence-corrected chi connectivity index (χ4v) is 3.97. The summed E-state index contributed by atoms with van der Waals surface area (Å²) in [5.74, 6) is 0.894. The molecule has 2 saturated heterocycles. The van der Waals surface area contributed by atoms with E-state index in [2.05, 4.69) is 22.1 Å². The van der Waals surface area contributed by atoms with Gasteiger partial charge in [0.25, 0.3) is 0 Å². The second-order valence-corrected chi connectivity index (χ2v) is 7.30. The molecule has 140 valence electrons. The van der Waals surface area contributed by atoms with Gasteiger partial charge < -0.3 is 14.2 Å². The molecule has 2 fully saturated rings. The lowest BCUT2D eigenvalue weighted by Crippen LogP contribution is -2.44. The largest absolute Gasteiger partial charge is 0.497 e. The van der Waals surface area contributed by atoms with Gasteiger partial charge in [0.2, 0.25) is 0 Å². The van der Waals surface area contributed by atoms with E-state index in [0.717, 1.165) is 51.4 Å². The van der Waals surface area contributed by atoms with Crippen LogP contribution in [0.4, 0.5) is 0 Å². The molecule has 2 aliphatic rings. The zero-order valence-corrected chi connectivity index (χ0v) is 15.3. The molecule has 0 saturated carbocycles. The molecular weight excluding hydrogens is 330 g/mol. The minimum absolute atomic E-state index is 0.194. The van der Waals surface area contributed by atoms with Crippen LogP contribution in [0.15, 0.2) is 42.7 Å². The van der Waals surface area contributed by atoms with E-state index in [-0.39, 0.29) is 11.7 Å². The molecule has 2 aliphatic heterocycles. The molecule has 1 aromatic heterocycles. The topological polar surface area (TPSA) is 48.8 Å². The van der Waals surface area contributed by atoms with Crippen LogP contribution in [-0.2, 0) is 22.6 Å². The van der Waals surface area contributed by atoms with E-state index >= 15 is 0 Å². The van der Waals surface area contributed by atoms with E-state index in [1.54, 1.807) is 7.11 Å². The van der Waals surface area contributed by atoms with Crippen molar-refractivity contribution in [3.63, 3.8) is 0 Å². The van der Waals surface area contributed by atoms with Crippen LogP contribution in [0.1, 0.15) is 18.4 Å². The van der Waals surface area contributed by atoms with Gasteiger partial charge in [-0.2, -0.15) is 5.10 Å². The number of nitrogens with zero attached hydrogens (tertiary/aromatic N) is 3. The molecule has 0 N–H and O–H groups in total. The highest BCUT2D eigenvalue weighted by Crippen LogP contribution is 2.34. The Kier molecular flexibility index (Phi) is 5.24. The average molecular weight is 357 g/mol. The Hall–Kier alpha value is -1.89. The molecule has 0 bridgehead atoms. The van der Waals surface area contributed by atoms with Gasteiger partial charge >= 0.3 is 0 Å². The predicted molar refractivity (Wildman–Crippen MR) is 98.2 cm³/mol. The molecule has 3 heterocycles. The van der Waals surface area contributed by atoms with E-state index in [1.165, 1.54) is 5.56 Å². The van der Waals surface area contributed by atoms with Gasteiger partial charge in [0.15, 0.2) is 0 Å². The van der Waals surface area contributed by atoms with Crippen molar-refractivity contribution in [3.05, 3.63) is 48.3 Å². The maximum atomic E-state index is 6.50. The summed E-state index contributed by atoms with van der Waals surface area (Å²) < 4.78 is 19.6. The fraction of sp³-hybridized carbons (Fsp3) is 0.550. The molecule has 0 aliphatic carbocycles. The Balaban J connectivity index is 1.39. The molecule has 6 nitrogen and oxygen atoms in total. The Labute approximate surface area is 154 Å². The Morgan fingerprint density at radius 1 is 1.31 bits per heavy atom. The third-order valence-corrected chi connectivity index (χ3v) is 5.28. The Bertz CT molecular complexity index is 689. The fourth-order valence-electron chi connectivity index (χ4n) is 3.97.